The van der Waals surface area contributed by atoms with Crippen LogP contribution in [0.4, 0.5) is 5.82 Å². The summed E-state index contributed by atoms with van der Waals surface area (Å²) in [6, 6.07) is 1.92. The second-order valence-electron chi connectivity index (χ2n) is 4.96. The van der Waals surface area contributed by atoms with Crippen LogP contribution in [0.25, 0.3) is 0 Å². The molecule has 0 bridgehead atoms. The molecule has 3 rings (SSSR count). The van der Waals surface area contributed by atoms with Crippen molar-refractivity contribution < 1.29 is 4.74 Å². The van der Waals surface area contributed by atoms with Crippen molar-refractivity contribution in [3.8, 4) is 0 Å². The number of nitrogens with one attached hydrogen (secondary N) is 2. The van der Waals surface area contributed by atoms with Gasteiger partial charge in [-0.2, -0.15) is 0 Å². The summed E-state index contributed by atoms with van der Waals surface area (Å²) in [4.78, 5) is 18.8. The number of aromatic nitrogens is 2. The van der Waals surface area contributed by atoms with Crippen LogP contribution in [0.1, 0.15) is 37.4 Å². The standard InChI is InChI=1S/C12H17N3O2/c1-17-9-4-8(5-9)13-10-6-11(16)15-12(14-10)7-2-3-7/h6-9H,2-5H2,1H3,(H2,13,14,15,16). The third-order valence-corrected chi connectivity index (χ3v) is 3.50. The Morgan fingerprint density at radius 2 is 2.24 bits per heavy atom. The molecule has 0 saturated heterocycles. The maximum atomic E-state index is 11.5. The van der Waals surface area contributed by atoms with E-state index in [2.05, 4.69) is 15.3 Å². The Labute approximate surface area is 99.6 Å². The van der Waals surface area contributed by atoms with Gasteiger partial charge in [-0.15, -0.1) is 0 Å². The maximum absolute atomic E-state index is 11.5. The van der Waals surface area contributed by atoms with Crippen molar-refractivity contribution in [1.82, 2.24) is 9.97 Å². The molecule has 0 radical (unpaired) electrons. The van der Waals surface area contributed by atoms with E-state index in [4.69, 9.17) is 4.74 Å². The van der Waals surface area contributed by atoms with Crippen LogP contribution in [0.3, 0.4) is 0 Å². The molecular weight excluding hydrogens is 218 g/mol. The molecule has 92 valence electrons. The Kier molecular flexibility index (Phi) is 2.63. The largest absolute Gasteiger partial charge is 0.381 e. The SMILES string of the molecule is COC1CC(Nc2cc(=O)[nH]c(C3CC3)n2)C1. The number of nitrogens with zero attached hydrogens (tertiary/aromatic N) is 1. The molecule has 0 aromatic carbocycles. The Balaban J connectivity index is 1.68. The highest BCUT2D eigenvalue weighted by Gasteiger charge is 2.30. The Bertz CT molecular complexity index is 461. The van der Waals surface area contributed by atoms with Crippen LogP contribution in [0.5, 0.6) is 0 Å². The first kappa shape index (κ1) is 10.8. The van der Waals surface area contributed by atoms with Gasteiger partial charge < -0.3 is 15.0 Å². The molecule has 0 atom stereocenters. The van der Waals surface area contributed by atoms with Gasteiger partial charge in [0, 0.05) is 25.1 Å². The minimum absolute atomic E-state index is 0.0629. The summed E-state index contributed by atoms with van der Waals surface area (Å²) >= 11 is 0. The van der Waals surface area contributed by atoms with E-state index in [9.17, 15) is 4.79 Å². The van der Waals surface area contributed by atoms with Gasteiger partial charge in [0.2, 0.25) is 0 Å². The zero-order chi connectivity index (χ0) is 11.8. The molecule has 17 heavy (non-hydrogen) atoms. The van der Waals surface area contributed by atoms with Gasteiger partial charge in [0.05, 0.1) is 6.10 Å². The Morgan fingerprint density at radius 3 is 2.88 bits per heavy atom. The second-order valence-corrected chi connectivity index (χ2v) is 4.96. The van der Waals surface area contributed by atoms with Gasteiger partial charge in [0.1, 0.15) is 11.6 Å². The topological polar surface area (TPSA) is 67.0 Å². The lowest BCUT2D eigenvalue weighted by molar-refractivity contribution is 0.0328. The molecule has 1 aromatic heterocycles. The summed E-state index contributed by atoms with van der Waals surface area (Å²) in [5, 5.41) is 3.30. The van der Waals surface area contributed by atoms with Crippen LogP contribution in [0.15, 0.2) is 10.9 Å². The number of anilines is 1. The van der Waals surface area contributed by atoms with E-state index >= 15 is 0 Å². The first-order chi connectivity index (χ1) is 8.24. The van der Waals surface area contributed by atoms with Crippen molar-refractivity contribution >= 4 is 5.82 Å². The highest BCUT2D eigenvalue weighted by molar-refractivity contribution is 5.36. The third kappa shape index (κ3) is 2.34. The molecule has 2 saturated carbocycles. The number of methoxy groups -OCH3 is 1. The average Bonchev–Trinajstić information content (AvgIpc) is 3.05. The van der Waals surface area contributed by atoms with Gasteiger partial charge in [-0.1, -0.05) is 0 Å². The lowest BCUT2D eigenvalue weighted by Crippen LogP contribution is -2.40. The van der Waals surface area contributed by atoms with Crippen LogP contribution >= 0.6 is 0 Å². The molecule has 0 unspecified atom stereocenters. The van der Waals surface area contributed by atoms with Crippen molar-refractivity contribution in [2.45, 2.75) is 43.7 Å². The summed E-state index contributed by atoms with van der Waals surface area (Å²) in [5.41, 5.74) is -0.0629. The van der Waals surface area contributed by atoms with E-state index in [-0.39, 0.29) is 5.56 Å². The maximum Gasteiger partial charge on any atom is 0.252 e. The molecule has 1 aromatic rings. The summed E-state index contributed by atoms with van der Waals surface area (Å²) < 4.78 is 5.22. The fourth-order valence-electron chi connectivity index (χ4n) is 2.19. The van der Waals surface area contributed by atoms with Crippen molar-refractivity contribution in [1.29, 1.82) is 0 Å². The Morgan fingerprint density at radius 1 is 1.47 bits per heavy atom. The van der Waals surface area contributed by atoms with Crippen molar-refractivity contribution in [3.05, 3.63) is 22.2 Å². The quantitative estimate of drug-likeness (QED) is 0.824. The van der Waals surface area contributed by atoms with Crippen molar-refractivity contribution in [2.24, 2.45) is 0 Å². The molecule has 0 aliphatic heterocycles. The van der Waals surface area contributed by atoms with E-state index < -0.39 is 0 Å². The number of aromatic amines is 1. The van der Waals surface area contributed by atoms with Crippen LogP contribution in [-0.4, -0.2) is 29.2 Å². The van der Waals surface area contributed by atoms with Crippen LogP contribution in [0.2, 0.25) is 0 Å². The number of ether oxygens (including phenoxy) is 1. The molecule has 2 aliphatic rings. The van der Waals surface area contributed by atoms with Crippen molar-refractivity contribution in [3.63, 3.8) is 0 Å². The second kappa shape index (κ2) is 4.14. The molecule has 2 aliphatic carbocycles. The zero-order valence-corrected chi connectivity index (χ0v) is 9.90. The van der Waals surface area contributed by atoms with Crippen LogP contribution in [-0.2, 0) is 4.74 Å². The minimum atomic E-state index is -0.0629. The van der Waals surface area contributed by atoms with E-state index in [1.165, 1.54) is 6.07 Å². The molecule has 5 nitrogen and oxygen atoms in total. The van der Waals surface area contributed by atoms with Crippen LogP contribution < -0.4 is 10.9 Å². The smallest absolute Gasteiger partial charge is 0.252 e. The number of hydrogen-bond acceptors (Lipinski definition) is 4. The first-order valence-corrected chi connectivity index (χ1v) is 6.15. The van der Waals surface area contributed by atoms with E-state index in [0.29, 0.717) is 23.9 Å². The monoisotopic (exact) mass is 235 g/mol. The van der Waals surface area contributed by atoms with Gasteiger partial charge in [-0.3, -0.25) is 4.79 Å². The first-order valence-electron chi connectivity index (χ1n) is 6.15. The predicted octanol–water partition coefficient (Wildman–Crippen LogP) is 1.24. The normalized spacial score (nSPS) is 27.6. The number of rotatable bonds is 4. The lowest BCUT2D eigenvalue weighted by Gasteiger charge is -2.34. The van der Waals surface area contributed by atoms with Gasteiger partial charge >= 0.3 is 0 Å². The fourth-order valence-corrected chi connectivity index (χ4v) is 2.19. The average molecular weight is 235 g/mol. The lowest BCUT2D eigenvalue weighted by atomic mass is 9.89. The van der Waals surface area contributed by atoms with E-state index in [0.717, 1.165) is 31.5 Å². The molecule has 0 spiro atoms. The van der Waals surface area contributed by atoms with Gasteiger partial charge in [-0.25, -0.2) is 4.98 Å². The molecule has 5 heteroatoms. The highest BCUT2D eigenvalue weighted by atomic mass is 16.5. The summed E-state index contributed by atoms with van der Waals surface area (Å²) in [6.07, 6.45) is 4.62. The fraction of sp³-hybridized carbons (Fsp3) is 0.667. The van der Waals surface area contributed by atoms with Crippen LogP contribution in [0, 0.1) is 0 Å². The molecule has 1 heterocycles. The highest BCUT2D eigenvalue weighted by Crippen LogP contribution is 2.37. The predicted molar refractivity (Wildman–Crippen MR) is 64.3 cm³/mol. The molecule has 2 N–H and O–H groups in total. The summed E-state index contributed by atoms with van der Waals surface area (Å²) in [7, 11) is 1.73. The molecule has 0 amide bonds. The minimum Gasteiger partial charge on any atom is -0.381 e. The van der Waals surface area contributed by atoms with E-state index in [1.54, 1.807) is 7.11 Å². The molecular formula is C12H17N3O2. The third-order valence-electron chi connectivity index (χ3n) is 3.50. The van der Waals surface area contributed by atoms with E-state index in [1.807, 2.05) is 0 Å². The van der Waals surface area contributed by atoms with Crippen molar-refractivity contribution in [2.75, 3.05) is 12.4 Å². The van der Waals surface area contributed by atoms with Gasteiger partial charge in [-0.05, 0) is 25.7 Å². The zero-order valence-electron chi connectivity index (χ0n) is 9.90. The van der Waals surface area contributed by atoms with Gasteiger partial charge in [0.15, 0.2) is 0 Å². The number of hydrogen-bond donors (Lipinski definition) is 2. The number of H-pyrrole nitrogens is 1. The van der Waals surface area contributed by atoms with Gasteiger partial charge in [0.25, 0.3) is 5.56 Å². The summed E-state index contributed by atoms with van der Waals surface area (Å²) in [6.45, 7) is 0. The Hall–Kier alpha value is -1.36. The molecule has 2 fully saturated rings. The summed E-state index contributed by atoms with van der Waals surface area (Å²) in [5.74, 6) is 2.01.